The Bertz CT molecular complexity index is 1070. The highest BCUT2D eigenvalue weighted by molar-refractivity contribution is 6.45. The summed E-state index contributed by atoms with van der Waals surface area (Å²) in [6.07, 6.45) is -2.85. The van der Waals surface area contributed by atoms with Gasteiger partial charge in [0.05, 0.1) is 23.9 Å². The van der Waals surface area contributed by atoms with Crippen LogP contribution in [-0.4, -0.2) is 36.9 Å². The Hall–Kier alpha value is -3.29. The van der Waals surface area contributed by atoms with E-state index in [1.807, 2.05) is 4.90 Å². The van der Waals surface area contributed by atoms with Gasteiger partial charge in [-0.1, -0.05) is 25.1 Å². The number of methoxy groups -OCH3 is 1. The minimum Gasteiger partial charge on any atom is -0.497 e. The van der Waals surface area contributed by atoms with Crippen LogP contribution in [-0.2, 0) is 15.8 Å². The molecule has 0 N–H and O–H groups in total. The van der Waals surface area contributed by atoms with E-state index >= 15 is 0 Å². The lowest BCUT2D eigenvalue weighted by Gasteiger charge is -2.32. The van der Waals surface area contributed by atoms with Gasteiger partial charge in [-0.25, -0.2) is 4.90 Å². The molecule has 2 aromatic carbocycles. The number of ether oxygens (including phenoxy) is 1. The van der Waals surface area contributed by atoms with E-state index in [4.69, 9.17) is 4.74 Å². The van der Waals surface area contributed by atoms with E-state index in [2.05, 4.69) is 6.92 Å². The number of carbonyl (C=O) groups excluding carboxylic acids is 2. The van der Waals surface area contributed by atoms with Crippen LogP contribution in [0.1, 0.15) is 30.9 Å². The first-order chi connectivity index (χ1) is 15.2. The minimum absolute atomic E-state index is 0.0961. The van der Waals surface area contributed by atoms with Crippen molar-refractivity contribution in [3.05, 3.63) is 65.4 Å². The number of alkyl halides is 3. The molecule has 0 unspecified atom stereocenters. The number of nitrogens with zero attached hydrogens (tertiary/aromatic N) is 2. The third kappa shape index (κ3) is 3.97. The molecule has 2 aliphatic rings. The zero-order valence-electron chi connectivity index (χ0n) is 17.8. The van der Waals surface area contributed by atoms with Gasteiger partial charge in [0.2, 0.25) is 0 Å². The fourth-order valence-corrected chi connectivity index (χ4v) is 4.12. The van der Waals surface area contributed by atoms with Crippen LogP contribution in [0.15, 0.2) is 54.2 Å². The van der Waals surface area contributed by atoms with Crippen molar-refractivity contribution in [3.63, 3.8) is 0 Å². The molecule has 0 aromatic heterocycles. The highest BCUT2D eigenvalue weighted by Crippen LogP contribution is 2.38. The Morgan fingerprint density at radius 3 is 2.22 bits per heavy atom. The summed E-state index contributed by atoms with van der Waals surface area (Å²) in [4.78, 5) is 29.7. The average Bonchev–Trinajstić information content (AvgIpc) is 3.04. The fraction of sp³-hybridized carbons (Fsp3) is 0.333. The van der Waals surface area contributed by atoms with Crippen molar-refractivity contribution < 1.29 is 27.5 Å². The van der Waals surface area contributed by atoms with Crippen LogP contribution in [0.2, 0.25) is 0 Å². The maximum Gasteiger partial charge on any atom is 0.416 e. The second kappa shape index (κ2) is 8.33. The molecule has 2 heterocycles. The number of hydrogen-bond donors (Lipinski definition) is 0. The first-order valence-corrected chi connectivity index (χ1v) is 10.4. The summed E-state index contributed by atoms with van der Waals surface area (Å²) in [5, 5.41) is 0. The lowest BCUT2D eigenvalue weighted by atomic mass is 9.97. The first kappa shape index (κ1) is 21.9. The van der Waals surface area contributed by atoms with Crippen LogP contribution in [0, 0.1) is 5.92 Å². The Balaban J connectivity index is 1.79. The SMILES string of the molecule is COc1ccc(C2=C(N3CCC(C)CC3)C(=O)N(c3cccc(C(F)(F)F)c3)C2=O)cc1. The number of carbonyl (C=O) groups is 2. The van der Waals surface area contributed by atoms with Crippen LogP contribution in [0.4, 0.5) is 18.9 Å². The van der Waals surface area contributed by atoms with Crippen LogP contribution >= 0.6 is 0 Å². The van der Waals surface area contributed by atoms with Crippen LogP contribution < -0.4 is 9.64 Å². The van der Waals surface area contributed by atoms with Gasteiger partial charge in [0.1, 0.15) is 11.4 Å². The Morgan fingerprint density at radius 1 is 0.969 bits per heavy atom. The van der Waals surface area contributed by atoms with Crippen molar-refractivity contribution in [1.29, 1.82) is 0 Å². The average molecular weight is 444 g/mol. The quantitative estimate of drug-likeness (QED) is 0.640. The largest absolute Gasteiger partial charge is 0.497 e. The molecule has 8 heteroatoms. The minimum atomic E-state index is -4.58. The summed E-state index contributed by atoms with van der Waals surface area (Å²) in [5.41, 5.74) is -0.0515. The summed E-state index contributed by atoms with van der Waals surface area (Å²) < 4.78 is 44.9. The molecule has 2 aliphatic heterocycles. The molecule has 1 fully saturated rings. The monoisotopic (exact) mass is 444 g/mol. The summed E-state index contributed by atoms with van der Waals surface area (Å²) in [6.45, 7) is 3.34. The van der Waals surface area contributed by atoms with E-state index in [0.29, 0.717) is 30.3 Å². The third-order valence-electron chi connectivity index (χ3n) is 5.97. The van der Waals surface area contributed by atoms with E-state index < -0.39 is 23.6 Å². The van der Waals surface area contributed by atoms with Crippen LogP contribution in [0.5, 0.6) is 5.75 Å². The Kier molecular flexibility index (Phi) is 5.71. The number of rotatable bonds is 4. The lowest BCUT2D eigenvalue weighted by molar-refractivity contribution is -0.137. The van der Waals surface area contributed by atoms with E-state index in [1.165, 1.54) is 19.2 Å². The molecule has 0 radical (unpaired) electrons. The highest BCUT2D eigenvalue weighted by Gasteiger charge is 2.43. The van der Waals surface area contributed by atoms with Crippen LogP contribution in [0.3, 0.4) is 0 Å². The van der Waals surface area contributed by atoms with Gasteiger partial charge in [-0.3, -0.25) is 9.59 Å². The predicted molar refractivity (Wildman–Crippen MR) is 114 cm³/mol. The number of imide groups is 1. The van der Waals surface area contributed by atoms with Crippen molar-refractivity contribution in [2.75, 3.05) is 25.1 Å². The third-order valence-corrected chi connectivity index (χ3v) is 5.97. The standard InChI is InChI=1S/C24H23F3N2O3/c1-15-10-12-28(13-11-15)21-20(16-6-8-19(32-2)9-7-16)22(30)29(23(21)31)18-5-3-4-17(14-18)24(25,26)27/h3-9,14-15H,10-13H2,1-2H3. The van der Waals surface area contributed by atoms with E-state index in [0.717, 1.165) is 29.9 Å². The highest BCUT2D eigenvalue weighted by atomic mass is 19.4. The number of amides is 2. The molecule has 0 bridgehead atoms. The lowest BCUT2D eigenvalue weighted by Crippen LogP contribution is -2.38. The van der Waals surface area contributed by atoms with Crippen molar-refractivity contribution in [2.24, 2.45) is 5.92 Å². The second-order valence-corrected chi connectivity index (χ2v) is 8.12. The van der Waals surface area contributed by atoms with Gasteiger partial charge in [-0.05, 0) is 54.7 Å². The topological polar surface area (TPSA) is 49.9 Å². The maximum atomic E-state index is 13.5. The molecule has 4 rings (SSSR count). The maximum absolute atomic E-state index is 13.5. The molecule has 2 amide bonds. The molecule has 0 saturated carbocycles. The summed E-state index contributed by atoms with van der Waals surface area (Å²) in [5.74, 6) is -0.139. The first-order valence-electron chi connectivity index (χ1n) is 10.4. The second-order valence-electron chi connectivity index (χ2n) is 8.12. The van der Waals surface area contributed by atoms with Crippen LogP contribution in [0.25, 0.3) is 5.57 Å². The molecule has 5 nitrogen and oxygen atoms in total. The van der Waals surface area contributed by atoms with Gasteiger partial charge in [0, 0.05) is 13.1 Å². The number of anilines is 1. The Morgan fingerprint density at radius 2 is 1.62 bits per heavy atom. The van der Waals surface area contributed by atoms with E-state index in [-0.39, 0.29) is 17.0 Å². The number of benzene rings is 2. The summed E-state index contributed by atoms with van der Waals surface area (Å²) in [6, 6.07) is 11.0. The number of likely N-dealkylation sites (tertiary alicyclic amines) is 1. The van der Waals surface area contributed by atoms with E-state index in [9.17, 15) is 22.8 Å². The molecular weight excluding hydrogens is 421 g/mol. The normalized spacial score (nSPS) is 18.0. The molecule has 0 aliphatic carbocycles. The number of hydrogen-bond acceptors (Lipinski definition) is 4. The molecular formula is C24H23F3N2O3. The molecule has 168 valence electrons. The summed E-state index contributed by atoms with van der Waals surface area (Å²) >= 11 is 0. The fourth-order valence-electron chi connectivity index (χ4n) is 4.12. The molecule has 0 spiro atoms. The zero-order chi connectivity index (χ0) is 23.0. The predicted octanol–water partition coefficient (Wildman–Crippen LogP) is 4.73. The van der Waals surface area contributed by atoms with Crippen molar-refractivity contribution >= 4 is 23.1 Å². The molecule has 2 aromatic rings. The van der Waals surface area contributed by atoms with Crippen molar-refractivity contribution in [2.45, 2.75) is 25.9 Å². The number of halogens is 3. The van der Waals surface area contributed by atoms with Crippen molar-refractivity contribution in [3.8, 4) is 5.75 Å². The van der Waals surface area contributed by atoms with E-state index in [1.54, 1.807) is 24.3 Å². The number of piperidine rings is 1. The zero-order valence-corrected chi connectivity index (χ0v) is 17.8. The summed E-state index contributed by atoms with van der Waals surface area (Å²) in [7, 11) is 1.52. The molecule has 32 heavy (non-hydrogen) atoms. The van der Waals surface area contributed by atoms with Crippen molar-refractivity contribution in [1.82, 2.24) is 4.90 Å². The van der Waals surface area contributed by atoms with Gasteiger partial charge in [0.25, 0.3) is 11.8 Å². The molecule has 1 saturated heterocycles. The van der Waals surface area contributed by atoms with Gasteiger partial charge in [-0.15, -0.1) is 0 Å². The van der Waals surface area contributed by atoms with Gasteiger partial charge < -0.3 is 9.64 Å². The van der Waals surface area contributed by atoms with Gasteiger partial charge in [-0.2, -0.15) is 13.2 Å². The molecule has 0 atom stereocenters. The van der Waals surface area contributed by atoms with Gasteiger partial charge in [0.15, 0.2) is 0 Å². The smallest absolute Gasteiger partial charge is 0.416 e. The Labute approximate surface area is 184 Å². The van der Waals surface area contributed by atoms with Gasteiger partial charge >= 0.3 is 6.18 Å².